The fourth-order valence-corrected chi connectivity index (χ4v) is 4.62. The summed E-state index contributed by atoms with van der Waals surface area (Å²) in [5.74, 6) is -1.47. The molecule has 1 aliphatic rings. The summed E-state index contributed by atoms with van der Waals surface area (Å²) < 4.78 is 5.50. The lowest BCUT2D eigenvalue weighted by molar-refractivity contribution is -0.137. The van der Waals surface area contributed by atoms with Crippen molar-refractivity contribution in [1.82, 2.24) is 15.6 Å². The molecule has 0 aliphatic heterocycles. The van der Waals surface area contributed by atoms with Crippen LogP contribution in [0.1, 0.15) is 45.9 Å². The van der Waals surface area contributed by atoms with E-state index in [4.69, 9.17) is 9.84 Å². The number of nitrogens with zero attached hydrogens (tertiary/aromatic N) is 1. The van der Waals surface area contributed by atoms with Crippen LogP contribution in [0.5, 0.6) is 0 Å². The number of ether oxygens (including phenoxy) is 1. The molecule has 8 nitrogen and oxygen atoms in total. The van der Waals surface area contributed by atoms with Crippen molar-refractivity contribution in [1.29, 1.82) is 0 Å². The minimum atomic E-state index is -0.992. The standard InChI is InChI=1S/C24H23N3O5S/c1-14(10-22(28)29)26-23(30)20-13-33-21(27-20)11-25-24(31)32-12-19-17-8-4-2-6-15(17)16-7-3-5-9-18(16)19/h2-9,13-14,19H,10-12H2,1H3,(H,25,31)(H,26,30)(H,28,29)/t14-/m0/s1. The van der Waals surface area contributed by atoms with E-state index >= 15 is 0 Å². The summed E-state index contributed by atoms with van der Waals surface area (Å²) in [4.78, 5) is 39.4. The Balaban J connectivity index is 1.30. The quantitative estimate of drug-likeness (QED) is 0.466. The number of carbonyl (C=O) groups is 3. The Morgan fingerprint density at radius 1 is 1.09 bits per heavy atom. The zero-order valence-corrected chi connectivity index (χ0v) is 18.7. The number of carboxylic acids is 1. The molecule has 0 saturated carbocycles. The Morgan fingerprint density at radius 2 is 1.73 bits per heavy atom. The third kappa shape index (κ3) is 5.20. The maximum atomic E-state index is 12.3. The SMILES string of the molecule is C[C@@H](CC(=O)O)NC(=O)c1csc(CNC(=O)OCC2c3ccccc3-c3ccccc32)n1. The molecule has 0 unspecified atom stereocenters. The summed E-state index contributed by atoms with van der Waals surface area (Å²) in [7, 11) is 0. The van der Waals surface area contributed by atoms with Crippen LogP contribution in [0, 0.1) is 0 Å². The number of thiazole rings is 1. The lowest BCUT2D eigenvalue weighted by Crippen LogP contribution is -2.34. The number of hydrogen-bond acceptors (Lipinski definition) is 6. The molecule has 4 rings (SSSR count). The van der Waals surface area contributed by atoms with Gasteiger partial charge in [0, 0.05) is 17.3 Å². The molecule has 0 radical (unpaired) electrons. The fraction of sp³-hybridized carbons (Fsp3) is 0.250. The molecule has 3 aromatic rings. The first-order chi connectivity index (χ1) is 15.9. The Morgan fingerprint density at radius 3 is 2.36 bits per heavy atom. The molecular formula is C24H23N3O5S. The van der Waals surface area contributed by atoms with Crippen LogP contribution in [0.4, 0.5) is 4.79 Å². The van der Waals surface area contributed by atoms with Gasteiger partial charge in [0.25, 0.3) is 5.91 Å². The van der Waals surface area contributed by atoms with E-state index in [9.17, 15) is 14.4 Å². The number of rotatable bonds is 8. The molecule has 0 fully saturated rings. The molecule has 0 bridgehead atoms. The average molecular weight is 466 g/mol. The van der Waals surface area contributed by atoms with E-state index in [0.29, 0.717) is 5.01 Å². The van der Waals surface area contributed by atoms with Crippen LogP contribution in [0.15, 0.2) is 53.9 Å². The van der Waals surface area contributed by atoms with Crippen LogP contribution < -0.4 is 10.6 Å². The lowest BCUT2D eigenvalue weighted by Gasteiger charge is -2.14. The van der Waals surface area contributed by atoms with E-state index < -0.39 is 24.0 Å². The van der Waals surface area contributed by atoms with Gasteiger partial charge in [-0.1, -0.05) is 48.5 Å². The van der Waals surface area contributed by atoms with Crippen LogP contribution in [-0.2, 0) is 16.1 Å². The number of aliphatic carboxylic acids is 1. The summed E-state index contributed by atoms with van der Waals surface area (Å²) in [5.41, 5.74) is 4.78. The summed E-state index contributed by atoms with van der Waals surface area (Å²) in [6, 6.07) is 15.7. The summed E-state index contributed by atoms with van der Waals surface area (Å²) in [5, 5.41) is 16.1. The molecule has 0 spiro atoms. The van der Waals surface area contributed by atoms with Gasteiger partial charge in [-0.15, -0.1) is 11.3 Å². The number of alkyl carbamates (subject to hydrolysis) is 1. The lowest BCUT2D eigenvalue weighted by atomic mass is 9.98. The maximum absolute atomic E-state index is 12.3. The summed E-state index contributed by atoms with van der Waals surface area (Å²) in [6.07, 6.45) is -0.736. The highest BCUT2D eigenvalue weighted by atomic mass is 32.1. The number of nitrogens with one attached hydrogen (secondary N) is 2. The second-order valence-corrected chi connectivity index (χ2v) is 8.72. The van der Waals surface area contributed by atoms with Crippen molar-refractivity contribution in [3.8, 4) is 11.1 Å². The molecule has 3 N–H and O–H groups in total. The van der Waals surface area contributed by atoms with Crippen molar-refractivity contribution in [2.24, 2.45) is 0 Å². The summed E-state index contributed by atoms with van der Waals surface area (Å²) >= 11 is 1.23. The Hall–Kier alpha value is -3.72. The molecule has 170 valence electrons. The van der Waals surface area contributed by atoms with Crippen molar-refractivity contribution >= 4 is 29.3 Å². The number of hydrogen-bond donors (Lipinski definition) is 3. The molecule has 1 aromatic heterocycles. The van der Waals surface area contributed by atoms with Gasteiger partial charge in [0.05, 0.1) is 13.0 Å². The predicted molar refractivity (Wildman–Crippen MR) is 123 cm³/mol. The maximum Gasteiger partial charge on any atom is 0.407 e. The molecule has 0 saturated heterocycles. The van der Waals surface area contributed by atoms with Gasteiger partial charge in [0.15, 0.2) is 0 Å². The highest BCUT2D eigenvalue weighted by molar-refractivity contribution is 7.09. The predicted octanol–water partition coefficient (Wildman–Crippen LogP) is 3.77. The first-order valence-corrected chi connectivity index (χ1v) is 11.4. The van der Waals surface area contributed by atoms with Gasteiger partial charge >= 0.3 is 12.1 Å². The minimum absolute atomic E-state index is 0.0221. The molecule has 33 heavy (non-hydrogen) atoms. The topological polar surface area (TPSA) is 118 Å². The van der Waals surface area contributed by atoms with Gasteiger partial charge < -0.3 is 20.5 Å². The zero-order valence-electron chi connectivity index (χ0n) is 17.9. The van der Waals surface area contributed by atoms with Gasteiger partial charge in [0.1, 0.15) is 17.3 Å². The van der Waals surface area contributed by atoms with Gasteiger partial charge in [-0.05, 0) is 29.2 Å². The largest absolute Gasteiger partial charge is 0.481 e. The number of benzene rings is 2. The van der Waals surface area contributed by atoms with Gasteiger partial charge in [-0.3, -0.25) is 9.59 Å². The number of fused-ring (bicyclic) bond motifs is 3. The number of carboxylic acid groups (broad SMARTS) is 1. The second kappa shape index (κ2) is 9.83. The third-order valence-electron chi connectivity index (χ3n) is 5.37. The fourth-order valence-electron chi connectivity index (χ4n) is 3.90. The first-order valence-electron chi connectivity index (χ1n) is 10.5. The second-order valence-electron chi connectivity index (χ2n) is 7.78. The van der Waals surface area contributed by atoms with E-state index in [2.05, 4.69) is 39.9 Å². The number of carbonyl (C=O) groups excluding carboxylic acids is 2. The zero-order chi connectivity index (χ0) is 23.4. The van der Waals surface area contributed by atoms with Crippen LogP contribution in [0.2, 0.25) is 0 Å². The molecule has 1 aliphatic carbocycles. The monoisotopic (exact) mass is 465 g/mol. The van der Waals surface area contributed by atoms with E-state index in [1.807, 2.05) is 24.3 Å². The highest BCUT2D eigenvalue weighted by Crippen LogP contribution is 2.44. The van der Waals surface area contributed by atoms with Gasteiger partial charge in [-0.25, -0.2) is 9.78 Å². The van der Waals surface area contributed by atoms with Crippen LogP contribution in [0.3, 0.4) is 0 Å². The van der Waals surface area contributed by atoms with Gasteiger partial charge in [0.2, 0.25) is 0 Å². The van der Waals surface area contributed by atoms with Crippen molar-refractivity contribution in [2.45, 2.75) is 31.8 Å². The Kier molecular flexibility index (Phi) is 6.69. The van der Waals surface area contributed by atoms with E-state index in [0.717, 1.165) is 22.3 Å². The van der Waals surface area contributed by atoms with Crippen molar-refractivity contribution in [2.75, 3.05) is 6.61 Å². The van der Waals surface area contributed by atoms with Crippen molar-refractivity contribution in [3.63, 3.8) is 0 Å². The highest BCUT2D eigenvalue weighted by Gasteiger charge is 2.29. The van der Waals surface area contributed by atoms with Crippen molar-refractivity contribution in [3.05, 3.63) is 75.7 Å². The third-order valence-corrected chi connectivity index (χ3v) is 6.22. The minimum Gasteiger partial charge on any atom is -0.481 e. The number of aromatic nitrogens is 1. The van der Waals surface area contributed by atoms with Crippen LogP contribution in [0.25, 0.3) is 11.1 Å². The summed E-state index contributed by atoms with van der Waals surface area (Å²) in [6.45, 7) is 1.95. The number of amides is 2. The molecule has 1 heterocycles. The van der Waals surface area contributed by atoms with Crippen molar-refractivity contribution < 1.29 is 24.2 Å². The smallest absolute Gasteiger partial charge is 0.407 e. The molecular weight excluding hydrogens is 442 g/mol. The molecule has 2 amide bonds. The average Bonchev–Trinajstić information content (AvgIpc) is 3.39. The molecule has 2 aromatic carbocycles. The normalized spacial score (nSPS) is 13.0. The molecule has 9 heteroatoms. The Bertz CT molecular complexity index is 1150. The Labute approximate surface area is 194 Å². The van der Waals surface area contributed by atoms with E-state index in [1.54, 1.807) is 12.3 Å². The van der Waals surface area contributed by atoms with E-state index in [-0.39, 0.29) is 31.2 Å². The van der Waals surface area contributed by atoms with Crippen LogP contribution in [-0.4, -0.2) is 40.7 Å². The van der Waals surface area contributed by atoms with E-state index in [1.165, 1.54) is 11.3 Å². The van der Waals surface area contributed by atoms with Gasteiger partial charge in [-0.2, -0.15) is 0 Å². The van der Waals surface area contributed by atoms with Crippen LogP contribution >= 0.6 is 11.3 Å². The molecule has 1 atom stereocenters. The first kappa shape index (κ1) is 22.5.